The number of amides is 2. The molecule has 4 aromatic carbocycles. The van der Waals surface area contributed by atoms with E-state index in [1.807, 2.05) is 86.6 Å². The van der Waals surface area contributed by atoms with Gasteiger partial charge in [-0.2, -0.15) is 0 Å². The van der Waals surface area contributed by atoms with Crippen molar-refractivity contribution < 1.29 is 33.7 Å². The molecule has 304 valence electrons. The summed E-state index contributed by atoms with van der Waals surface area (Å²) < 4.78 is 18.7. The Hall–Kier alpha value is -5.62. The molecule has 2 amide bonds. The average molecular weight is 836 g/mol. The minimum absolute atomic E-state index is 0.0772. The van der Waals surface area contributed by atoms with Crippen molar-refractivity contribution in [2.24, 2.45) is 5.92 Å². The largest absolute Gasteiger partial charge is 0.489 e. The lowest BCUT2D eigenvalue weighted by molar-refractivity contribution is -0.147. The number of fused-ring (bicyclic) bond motifs is 2. The molecule has 5 aromatic rings. The summed E-state index contributed by atoms with van der Waals surface area (Å²) in [4.78, 5) is 46.7. The van der Waals surface area contributed by atoms with Gasteiger partial charge in [-0.3, -0.25) is 14.6 Å². The molecule has 59 heavy (non-hydrogen) atoms. The Morgan fingerprint density at radius 3 is 2.44 bits per heavy atom. The van der Waals surface area contributed by atoms with Crippen LogP contribution in [0.3, 0.4) is 0 Å². The Morgan fingerprint density at radius 1 is 0.949 bits per heavy atom. The van der Waals surface area contributed by atoms with Crippen molar-refractivity contribution in [3.63, 3.8) is 0 Å². The molecule has 0 aliphatic carbocycles. The number of pyridine rings is 1. The quantitative estimate of drug-likeness (QED) is 0.124. The van der Waals surface area contributed by atoms with Crippen LogP contribution in [0.25, 0.3) is 11.1 Å². The van der Waals surface area contributed by atoms with Gasteiger partial charge in [-0.15, -0.1) is 0 Å². The Bertz CT molecular complexity index is 2380. The number of aliphatic carboxylic acids is 1. The number of nitrogens with zero attached hydrogens (tertiary/aromatic N) is 2. The number of carbonyl (C=O) groups is 3. The summed E-state index contributed by atoms with van der Waals surface area (Å²) in [5.74, 6) is -0.321. The van der Waals surface area contributed by atoms with E-state index in [-0.39, 0.29) is 43.9 Å². The lowest BCUT2D eigenvalue weighted by Gasteiger charge is -2.38. The minimum Gasteiger partial charge on any atom is -0.489 e. The van der Waals surface area contributed by atoms with Crippen LogP contribution in [0.15, 0.2) is 91.1 Å². The first kappa shape index (κ1) is 40.2. The van der Waals surface area contributed by atoms with E-state index >= 15 is 0 Å². The highest BCUT2D eigenvalue weighted by Crippen LogP contribution is 2.41. The Morgan fingerprint density at radius 2 is 1.71 bits per heavy atom. The van der Waals surface area contributed by atoms with Crippen LogP contribution in [0.1, 0.15) is 51.6 Å². The Balaban J connectivity index is 0.964. The number of hydrogen-bond donors (Lipinski definition) is 3. The van der Waals surface area contributed by atoms with Crippen LogP contribution in [0.5, 0.6) is 17.2 Å². The van der Waals surface area contributed by atoms with Crippen molar-refractivity contribution in [3.8, 4) is 28.4 Å². The van der Waals surface area contributed by atoms with Gasteiger partial charge in [-0.25, -0.2) is 4.79 Å². The van der Waals surface area contributed by atoms with Crippen LogP contribution >= 0.6 is 23.2 Å². The topological polar surface area (TPSA) is 139 Å². The number of aryl methyl sites for hydroxylation is 1. The predicted octanol–water partition coefficient (Wildman–Crippen LogP) is 7.44. The van der Waals surface area contributed by atoms with Gasteiger partial charge in [0.15, 0.2) is 17.6 Å². The van der Waals surface area contributed by atoms with Gasteiger partial charge in [0.05, 0.1) is 16.0 Å². The van der Waals surface area contributed by atoms with Crippen LogP contribution in [0.4, 0.5) is 0 Å². The zero-order valence-electron chi connectivity index (χ0n) is 32.7. The fraction of sp³-hybridized carbons (Fsp3) is 0.304. The molecule has 11 nitrogen and oxygen atoms in total. The molecule has 1 aromatic heterocycles. The summed E-state index contributed by atoms with van der Waals surface area (Å²) in [5.41, 5.74) is 8.31. The second-order valence-corrected chi connectivity index (χ2v) is 16.2. The molecule has 4 heterocycles. The van der Waals surface area contributed by atoms with Gasteiger partial charge in [0.25, 0.3) is 0 Å². The average Bonchev–Trinajstić information content (AvgIpc) is 3.79. The van der Waals surface area contributed by atoms with Gasteiger partial charge in [0.2, 0.25) is 11.8 Å². The number of aromatic nitrogens is 1. The van der Waals surface area contributed by atoms with E-state index < -0.39 is 24.0 Å². The van der Waals surface area contributed by atoms with E-state index in [0.29, 0.717) is 53.4 Å². The van der Waals surface area contributed by atoms with Crippen LogP contribution in [0, 0.1) is 19.8 Å². The molecule has 1 fully saturated rings. The molecule has 3 aliphatic heterocycles. The highest BCUT2D eigenvalue weighted by Gasteiger charge is 2.40. The van der Waals surface area contributed by atoms with E-state index in [2.05, 4.69) is 15.6 Å². The Labute approximate surface area is 352 Å². The van der Waals surface area contributed by atoms with E-state index in [9.17, 15) is 19.5 Å². The third-order valence-electron chi connectivity index (χ3n) is 11.5. The molecule has 0 bridgehead atoms. The maximum atomic E-state index is 14.1. The van der Waals surface area contributed by atoms with E-state index in [4.69, 9.17) is 37.4 Å². The second kappa shape index (κ2) is 17.3. The number of hydrogen-bond acceptors (Lipinski definition) is 8. The third kappa shape index (κ3) is 8.88. The lowest BCUT2D eigenvalue weighted by Crippen LogP contribution is -2.57. The van der Waals surface area contributed by atoms with Gasteiger partial charge < -0.3 is 34.9 Å². The standard InChI is InChI=1S/C46H44Cl2N4O7/c1-26-27(2)50-16-14-36(26)30-6-3-28(4-7-30)18-39(46(55)56)51-44(53)40-19-33-20-41-42(21-34(33)23-52(40)45(54)32-13-15-49-22-32)59-43(25-58-41)31-8-10-35(11-9-31)57-24-29-5-12-37(47)38(48)17-29/h3-12,14,16-17,20-21,32,39-40,43,49H,13,15,18-19,22-25H2,1-2H3,(H,51,53)(H,55,56). The molecule has 0 saturated carbocycles. The monoisotopic (exact) mass is 834 g/mol. The molecule has 8 rings (SSSR count). The summed E-state index contributed by atoms with van der Waals surface area (Å²) in [7, 11) is 0. The number of rotatable bonds is 11. The summed E-state index contributed by atoms with van der Waals surface area (Å²) in [6.07, 6.45) is 2.32. The lowest BCUT2D eigenvalue weighted by atomic mass is 9.90. The van der Waals surface area contributed by atoms with Gasteiger partial charge in [0, 0.05) is 37.8 Å². The fourth-order valence-electron chi connectivity index (χ4n) is 7.93. The van der Waals surface area contributed by atoms with Gasteiger partial charge >= 0.3 is 5.97 Å². The summed E-state index contributed by atoms with van der Waals surface area (Å²) in [6, 6.07) is 24.3. The first-order chi connectivity index (χ1) is 28.5. The summed E-state index contributed by atoms with van der Waals surface area (Å²) >= 11 is 12.2. The number of carbonyl (C=O) groups excluding carboxylic acids is 2. The number of halogens is 2. The third-order valence-corrected chi connectivity index (χ3v) is 12.2. The Kier molecular flexibility index (Phi) is 11.8. The van der Waals surface area contributed by atoms with E-state index in [0.717, 1.165) is 50.2 Å². The molecule has 13 heteroatoms. The molecule has 1 saturated heterocycles. The van der Waals surface area contributed by atoms with E-state index in [1.165, 1.54) is 0 Å². The molecule has 4 atom stereocenters. The number of ether oxygens (including phenoxy) is 3. The van der Waals surface area contributed by atoms with Crippen molar-refractivity contribution in [2.75, 3.05) is 19.7 Å². The first-order valence-electron chi connectivity index (χ1n) is 19.7. The number of benzene rings is 4. The summed E-state index contributed by atoms with van der Waals surface area (Å²) in [5, 5.41) is 17.3. The summed E-state index contributed by atoms with van der Waals surface area (Å²) in [6.45, 7) is 5.98. The van der Waals surface area contributed by atoms with Gasteiger partial charge in [-0.05, 0) is 114 Å². The zero-order valence-corrected chi connectivity index (χ0v) is 34.2. The molecule has 0 spiro atoms. The van der Waals surface area contributed by atoms with Crippen LogP contribution in [0.2, 0.25) is 10.0 Å². The van der Waals surface area contributed by atoms with Crippen LogP contribution < -0.4 is 24.8 Å². The fourth-order valence-corrected chi connectivity index (χ4v) is 8.25. The molecular weight excluding hydrogens is 791 g/mol. The van der Waals surface area contributed by atoms with Crippen molar-refractivity contribution in [1.82, 2.24) is 20.5 Å². The maximum absolute atomic E-state index is 14.1. The molecule has 0 radical (unpaired) electrons. The van der Waals surface area contributed by atoms with Crippen molar-refractivity contribution in [3.05, 3.63) is 140 Å². The highest BCUT2D eigenvalue weighted by atomic mass is 35.5. The molecule has 3 aliphatic rings. The molecule has 3 N–H and O–H groups in total. The van der Waals surface area contributed by atoms with Crippen LogP contribution in [-0.4, -0.2) is 64.6 Å². The van der Waals surface area contributed by atoms with Crippen molar-refractivity contribution >= 4 is 41.0 Å². The number of nitrogens with one attached hydrogen (secondary N) is 2. The number of carboxylic acid groups (broad SMARTS) is 1. The minimum atomic E-state index is -1.20. The highest BCUT2D eigenvalue weighted by molar-refractivity contribution is 6.42. The van der Waals surface area contributed by atoms with Crippen molar-refractivity contribution in [2.45, 2.75) is 64.4 Å². The van der Waals surface area contributed by atoms with Gasteiger partial charge in [0.1, 0.15) is 31.0 Å². The van der Waals surface area contributed by atoms with E-state index in [1.54, 1.807) is 23.2 Å². The van der Waals surface area contributed by atoms with Crippen LogP contribution in [-0.2, 0) is 40.4 Å². The van der Waals surface area contributed by atoms with Crippen molar-refractivity contribution in [1.29, 1.82) is 0 Å². The maximum Gasteiger partial charge on any atom is 0.326 e. The molecule has 4 unspecified atom stereocenters. The molecular formula is C46H44Cl2N4O7. The SMILES string of the molecule is Cc1nccc(-c2ccc(CC(NC(=O)C3Cc4cc5c(cc4CN3C(=O)C3CCNC3)OC(c3ccc(OCc4ccc(Cl)c(Cl)c4)cc3)CO5)C(=O)O)cc2)c1C. The zero-order chi connectivity index (χ0) is 41.2. The van der Waals surface area contributed by atoms with Gasteiger partial charge in [-0.1, -0.05) is 65.7 Å². The second-order valence-electron chi connectivity index (χ2n) is 15.3. The first-order valence-corrected chi connectivity index (χ1v) is 20.4. The normalized spacial score (nSPS) is 18.8. The number of carboxylic acids is 1. The smallest absolute Gasteiger partial charge is 0.326 e. The predicted molar refractivity (Wildman–Crippen MR) is 224 cm³/mol.